The van der Waals surface area contributed by atoms with E-state index in [0.29, 0.717) is 6.54 Å². The van der Waals surface area contributed by atoms with Crippen molar-refractivity contribution in [3.63, 3.8) is 0 Å². The maximum Gasteiger partial charge on any atom is 0.0890 e. The molecule has 0 saturated carbocycles. The molecule has 0 bridgehead atoms. The summed E-state index contributed by atoms with van der Waals surface area (Å²) in [6, 6.07) is -0.113. The van der Waals surface area contributed by atoms with Crippen LogP contribution in [0.3, 0.4) is 0 Å². The molecule has 0 fully saturated rings. The third-order valence-electron chi connectivity index (χ3n) is 0.576. The highest BCUT2D eigenvalue weighted by Crippen LogP contribution is 1.85. The Bertz CT molecular complexity index is 69.3. The summed E-state index contributed by atoms with van der Waals surface area (Å²) in [5.41, 5.74) is 12.7. The van der Waals surface area contributed by atoms with Crippen LogP contribution < -0.4 is 0 Å². The number of nitrogens with one attached hydrogen (secondary N) is 2. The first kappa shape index (κ1) is 6.20. The average Bonchev–Trinajstić information content (AvgIpc) is 1.68. The van der Waals surface area contributed by atoms with Gasteiger partial charge in [0.2, 0.25) is 0 Å². The quantitative estimate of drug-likeness (QED) is 0.503. The predicted octanol–water partition coefficient (Wildman–Crippen LogP) is 1.44. The topological polar surface area (TPSA) is 72.4 Å². The maximum absolute atomic E-state index is 6.39. The molecule has 0 saturated heterocycles. The van der Waals surface area contributed by atoms with Gasteiger partial charge in [0.1, 0.15) is 0 Å². The summed E-state index contributed by atoms with van der Waals surface area (Å²) in [7, 11) is 0. The van der Waals surface area contributed by atoms with E-state index < -0.39 is 0 Å². The van der Waals surface area contributed by atoms with Gasteiger partial charge in [-0.15, -0.1) is 0 Å². The van der Waals surface area contributed by atoms with Gasteiger partial charge in [-0.3, -0.25) is 0 Å². The predicted molar refractivity (Wildman–Crippen MR) is 24.6 cm³/mol. The Labute approximate surface area is 41.9 Å². The van der Waals surface area contributed by atoms with Gasteiger partial charge in [-0.25, -0.2) is 11.1 Å². The van der Waals surface area contributed by atoms with E-state index in [1.807, 2.05) is 0 Å². The molecule has 2 N–H and O–H groups in total. The molecule has 0 aromatic heterocycles. The second-order valence-corrected chi connectivity index (χ2v) is 1.32. The Morgan fingerprint density at radius 2 is 2.14 bits per heavy atom. The van der Waals surface area contributed by atoms with Crippen molar-refractivity contribution >= 4 is 0 Å². The van der Waals surface area contributed by atoms with Crippen LogP contribution >= 0.6 is 0 Å². The van der Waals surface area contributed by atoms with Gasteiger partial charge in [0.05, 0.1) is 12.6 Å². The fraction of sp³-hybridized carbons (Fsp3) is 1.00. The van der Waals surface area contributed by atoms with Crippen LogP contribution in [0.2, 0.25) is 0 Å². The minimum Gasteiger partial charge on any atom is -0.210 e. The molecule has 40 valence electrons. The van der Waals surface area contributed by atoms with Crippen LogP contribution in [-0.2, 0) is 0 Å². The zero-order chi connectivity index (χ0) is 5.70. The minimum absolute atomic E-state index is 0.113. The summed E-state index contributed by atoms with van der Waals surface area (Å²) < 4.78 is 0. The highest BCUT2D eigenvalue weighted by atomic mass is 15.0. The van der Waals surface area contributed by atoms with Gasteiger partial charge >= 0.3 is 0 Å². The fourth-order valence-electron chi connectivity index (χ4n) is 0.173. The number of hydrogen-bond acceptors (Lipinski definition) is 4. The molecule has 1 atom stereocenters. The summed E-state index contributed by atoms with van der Waals surface area (Å²) in [5.74, 6) is 0. The molecular formula is C3H8N4. The van der Waals surface area contributed by atoms with Gasteiger partial charge in [0, 0.05) is 0 Å². The van der Waals surface area contributed by atoms with Crippen molar-refractivity contribution in [3.8, 4) is 0 Å². The van der Waals surface area contributed by atoms with Gasteiger partial charge in [0.25, 0.3) is 0 Å². The third kappa shape index (κ3) is 3.02. The molecule has 1 unspecified atom stereocenters. The zero-order valence-electron chi connectivity index (χ0n) is 4.18. The maximum atomic E-state index is 6.39. The van der Waals surface area contributed by atoms with E-state index in [1.54, 1.807) is 6.92 Å². The van der Waals surface area contributed by atoms with Crippen molar-refractivity contribution < 1.29 is 0 Å². The van der Waals surface area contributed by atoms with E-state index in [0.717, 1.165) is 0 Å². The molecule has 0 aromatic carbocycles. The van der Waals surface area contributed by atoms with Crippen molar-refractivity contribution in [1.29, 1.82) is 11.1 Å². The molecular weight excluding hydrogens is 92.1 g/mol. The summed E-state index contributed by atoms with van der Waals surface area (Å²) in [6.45, 7) is 2.08. The first-order valence-corrected chi connectivity index (χ1v) is 2.01. The normalized spacial score (nSPS) is 12.7. The first-order chi connectivity index (χ1) is 3.31. The number of hydrogen-bond donors (Lipinski definition) is 2. The van der Waals surface area contributed by atoms with E-state index in [9.17, 15) is 0 Å². The Balaban J connectivity index is 3.15. The van der Waals surface area contributed by atoms with Crippen LogP contribution in [0.4, 0.5) is 0 Å². The lowest BCUT2D eigenvalue weighted by molar-refractivity contribution is 0.666. The van der Waals surface area contributed by atoms with Crippen LogP contribution in [-0.4, -0.2) is 12.6 Å². The van der Waals surface area contributed by atoms with E-state index in [-0.39, 0.29) is 6.04 Å². The molecule has 0 aliphatic rings. The highest BCUT2D eigenvalue weighted by molar-refractivity contribution is 4.54. The Kier molecular flexibility index (Phi) is 3.00. The van der Waals surface area contributed by atoms with Crippen LogP contribution in [0.1, 0.15) is 6.92 Å². The average molecular weight is 100 g/mol. The van der Waals surface area contributed by atoms with Crippen molar-refractivity contribution in [1.82, 2.24) is 0 Å². The molecule has 0 rings (SSSR count). The van der Waals surface area contributed by atoms with E-state index in [4.69, 9.17) is 11.1 Å². The van der Waals surface area contributed by atoms with Gasteiger partial charge in [0.15, 0.2) is 0 Å². The molecule has 7 heavy (non-hydrogen) atoms. The number of rotatable bonds is 3. The van der Waals surface area contributed by atoms with E-state index in [2.05, 4.69) is 10.2 Å². The van der Waals surface area contributed by atoms with Gasteiger partial charge < -0.3 is 0 Å². The lowest BCUT2D eigenvalue weighted by Crippen LogP contribution is -1.98. The van der Waals surface area contributed by atoms with Crippen LogP contribution in [0.25, 0.3) is 0 Å². The van der Waals surface area contributed by atoms with E-state index in [1.165, 1.54) is 0 Å². The van der Waals surface area contributed by atoms with Crippen LogP contribution in [0, 0.1) is 11.1 Å². The van der Waals surface area contributed by atoms with Gasteiger partial charge in [-0.2, -0.15) is 10.2 Å². The second kappa shape index (κ2) is 3.39. The molecule has 0 aromatic rings. The van der Waals surface area contributed by atoms with Crippen molar-refractivity contribution in [2.45, 2.75) is 13.0 Å². The largest absolute Gasteiger partial charge is 0.210 e. The van der Waals surface area contributed by atoms with Gasteiger partial charge in [-0.1, -0.05) is 0 Å². The van der Waals surface area contributed by atoms with Crippen molar-refractivity contribution in [3.05, 3.63) is 0 Å². The Hall–Kier alpha value is -0.800. The Morgan fingerprint density at radius 3 is 2.29 bits per heavy atom. The minimum atomic E-state index is -0.113. The summed E-state index contributed by atoms with van der Waals surface area (Å²) in [6.07, 6.45) is 0. The third-order valence-corrected chi connectivity index (χ3v) is 0.576. The molecule has 0 spiro atoms. The highest BCUT2D eigenvalue weighted by Gasteiger charge is 1.91. The summed E-state index contributed by atoms with van der Waals surface area (Å²) in [4.78, 5) is 0. The monoisotopic (exact) mass is 100 g/mol. The molecule has 0 radical (unpaired) electrons. The Morgan fingerprint density at radius 1 is 1.57 bits per heavy atom. The lowest BCUT2D eigenvalue weighted by atomic mass is 10.4. The summed E-state index contributed by atoms with van der Waals surface area (Å²) >= 11 is 0. The summed E-state index contributed by atoms with van der Waals surface area (Å²) in [5, 5.41) is 6.16. The lowest BCUT2D eigenvalue weighted by Gasteiger charge is -1.91. The van der Waals surface area contributed by atoms with Crippen LogP contribution in [0.5, 0.6) is 0 Å². The van der Waals surface area contributed by atoms with Gasteiger partial charge in [-0.05, 0) is 6.92 Å². The fourth-order valence-corrected chi connectivity index (χ4v) is 0.173. The van der Waals surface area contributed by atoms with Crippen LogP contribution in [0.15, 0.2) is 10.2 Å². The van der Waals surface area contributed by atoms with Crippen molar-refractivity contribution in [2.24, 2.45) is 10.2 Å². The molecule has 0 amide bonds. The molecule has 0 aliphatic carbocycles. The molecule has 4 heteroatoms. The van der Waals surface area contributed by atoms with Crippen molar-refractivity contribution in [2.75, 3.05) is 6.54 Å². The zero-order valence-corrected chi connectivity index (χ0v) is 4.18. The standard InChI is InChI=1S/C3H8N4/c1-3(7-5)2-6-4/h3-5H,2H2,1H3. The number of nitrogens with zero attached hydrogens (tertiary/aromatic N) is 2. The smallest absolute Gasteiger partial charge is 0.0890 e. The SMILES string of the molecule is CC(CN=N)N=N. The molecule has 0 heterocycles. The second-order valence-electron chi connectivity index (χ2n) is 1.32. The molecule has 0 aliphatic heterocycles. The molecule has 4 nitrogen and oxygen atoms in total. The first-order valence-electron chi connectivity index (χ1n) is 2.01. The van der Waals surface area contributed by atoms with E-state index >= 15 is 0 Å².